The summed E-state index contributed by atoms with van der Waals surface area (Å²) in [5.41, 5.74) is 7.12. The second-order valence-electron chi connectivity index (χ2n) is 5.66. The number of anilines is 3. The van der Waals surface area contributed by atoms with E-state index in [0.717, 1.165) is 23.4 Å². The van der Waals surface area contributed by atoms with Crippen LogP contribution in [0, 0.1) is 18.6 Å². The number of halogens is 2. The number of nitrogens with zero attached hydrogens (tertiary/aromatic N) is 1. The molecule has 0 aliphatic rings. The summed E-state index contributed by atoms with van der Waals surface area (Å²) in [6.07, 6.45) is 0.157. The van der Waals surface area contributed by atoms with E-state index in [9.17, 15) is 18.4 Å². The standard InChI is InChI=1S/C13H13N3O2.C7H4F2O/c1-8-2-7-11(16-12(8)14)15-10-5-3-9(4-6-10)13(17)18;8-6-2-1-3-7(9)5(6)4-10/h2-7H,1H3,(H,17,18)(H3,14,15,16);1-4H. The summed E-state index contributed by atoms with van der Waals surface area (Å²) >= 11 is 0. The molecule has 6 nitrogen and oxygen atoms in total. The molecule has 28 heavy (non-hydrogen) atoms. The van der Waals surface area contributed by atoms with Gasteiger partial charge in [0.25, 0.3) is 0 Å². The lowest BCUT2D eigenvalue weighted by Crippen LogP contribution is -2.00. The van der Waals surface area contributed by atoms with Crippen LogP contribution in [-0.2, 0) is 0 Å². The van der Waals surface area contributed by atoms with E-state index in [0.29, 0.717) is 11.6 Å². The van der Waals surface area contributed by atoms with E-state index in [2.05, 4.69) is 10.3 Å². The van der Waals surface area contributed by atoms with Gasteiger partial charge in [0.15, 0.2) is 6.29 Å². The van der Waals surface area contributed by atoms with Gasteiger partial charge in [-0.1, -0.05) is 12.1 Å². The number of aryl methyl sites for hydroxylation is 1. The Labute approximate surface area is 159 Å². The molecule has 0 radical (unpaired) electrons. The van der Waals surface area contributed by atoms with Crippen molar-refractivity contribution >= 4 is 29.6 Å². The molecule has 0 bridgehead atoms. The molecule has 0 unspecified atom stereocenters. The quantitative estimate of drug-likeness (QED) is 0.582. The van der Waals surface area contributed by atoms with Crippen molar-refractivity contribution in [3.63, 3.8) is 0 Å². The minimum atomic E-state index is -0.945. The van der Waals surface area contributed by atoms with Crippen LogP contribution in [0.25, 0.3) is 0 Å². The Morgan fingerprint density at radius 3 is 2.14 bits per heavy atom. The largest absolute Gasteiger partial charge is 0.478 e. The number of pyridine rings is 1. The topological polar surface area (TPSA) is 105 Å². The van der Waals surface area contributed by atoms with Crippen LogP contribution < -0.4 is 11.1 Å². The number of nitrogen functional groups attached to an aromatic ring is 1. The van der Waals surface area contributed by atoms with E-state index in [1.165, 1.54) is 18.2 Å². The maximum Gasteiger partial charge on any atom is 0.335 e. The van der Waals surface area contributed by atoms with Crippen molar-refractivity contribution in [1.29, 1.82) is 0 Å². The fourth-order valence-electron chi connectivity index (χ4n) is 2.08. The predicted molar refractivity (Wildman–Crippen MR) is 102 cm³/mol. The summed E-state index contributed by atoms with van der Waals surface area (Å²) in [6, 6.07) is 13.4. The van der Waals surface area contributed by atoms with Gasteiger partial charge in [-0.2, -0.15) is 0 Å². The molecule has 1 heterocycles. The number of carboxylic acids is 1. The van der Waals surface area contributed by atoms with Gasteiger partial charge in [-0.15, -0.1) is 0 Å². The van der Waals surface area contributed by atoms with Crippen LogP contribution in [0.2, 0.25) is 0 Å². The molecule has 3 aromatic rings. The van der Waals surface area contributed by atoms with E-state index >= 15 is 0 Å². The Morgan fingerprint density at radius 1 is 1.07 bits per heavy atom. The lowest BCUT2D eigenvalue weighted by Gasteiger charge is -2.07. The number of carbonyl (C=O) groups excluding carboxylic acids is 1. The summed E-state index contributed by atoms with van der Waals surface area (Å²) in [4.78, 5) is 24.8. The van der Waals surface area contributed by atoms with Crippen molar-refractivity contribution in [2.24, 2.45) is 0 Å². The van der Waals surface area contributed by atoms with Gasteiger partial charge in [-0.3, -0.25) is 4.79 Å². The molecule has 0 atom stereocenters. The van der Waals surface area contributed by atoms with Gasteiger partial charge in [0.05, 0.1) is 11.1 Å². The second kappa shape index (κ2) is 9.22. The van der Waals surface area contributed by atoms with E-state index < -0.39 is 23.2 Å². The van der Waals surface area contributed by atoms with Crippen LogP contribution in [0.15, 0.2) is 54.6 Å². The Kier molecular flexibility index (Phi) is 6.75. The highest BCUT2D eigenvalue weighted by Gasteiger charge is 2.05. The molecule has 0 spiro atoms. The molecule has 0 saturated heterocycles. The average Bonchev–Trinajstić information content (AvgIpc) is 2.66. The Balaban J connectivity index is 0.000000237. The Hall–Kier alpha value is -3.81. The highest BCUT2D eigenvalue weighted by Crippen LogP contribution is 2.18. The molecule has 0 aliphatic heterocycles. The average molecular weight is 385 g/mol. The van der Waals surface area contributed by atoms with Crippen molar-refractivity contribution < 1.29 is 23.5 Å². The maximum atomic E-state index is 12.4. The predicted octanol–water partition coefficient (Wildman–Crippen LogP) is 4.19. The molecule has 0 amide bonds. The normalized spacial score (nSPS) is 9.82. The van der Waals surface area contributed by atoms with Gasteiger partial charge in [0.1, 0.15) is 23.3 Å². The number of rotatable bonds is 4. The zero-order chi connectivity index (χ0) is 20.7. The van der Waals surface area contributed by atoms with E-state index in [1.807, 2.05) is 19.1 Å². The third-order valence-corrected chi connectivity index (χ3v) is 3.66. The van der Waals surface area contributed by atoms with Crippen molar-refractivity contribution in [2.45, 2.75) is 6.92 Å². The minimum absolute atomic E-state index is 0.157. The lowest BCUT2D eigenvalue weighted by atomic mass is 10.2. The van der Waals surface area contributed by atoms with Crippen molar-refractivity contribution in [3.05, 3.63) is 82.9 Å². The number of carboxylic acid groups (broad SMARTS) is 1. The number of hydrogen-bond donors (Lipinski definition) is 3. The SMILES string of the molecule is Cc1ccc(Nc2ccc(C(=O)O)cc2)nc1N.O=Cc1c(F)cccc1F. The van der Waals surface area contributed by atoms with Gasteiger partial charge in [-0.05, 0) is 55.0 Å². The number of nitrogens with one attached hydrogen (secondary N) is 1. The number of nitrogens with two attached hydrogens (primary N) is 1. The van der Waals surface area contributed by atoms with Gasteiger partial charge in [0, 0.05) is 5.69 Å². The molecular formula is C20H17F2N3O3. The third-order valence-electron chi connectivity index (χ3n) is 3.66. The van der Waals surface area contributed by atoms with E-state index in [-0.39, 0.29) is 11.8 Å². The second-order valence-corrected chi connectivity index (χ2v) is 5.66. The van der Waals surface area contributed by atoms with Crippen LogP contribution in [-0.4, -0.2) is 22.3 Å². The van der Waals surface area contributed by atoms with Crippen molar-refractivity contribution in [1.82, 2.24) is 4.98 Å². The molecule has 0 fully saturated rings. The molecular weight excluding hydrogens is 368 g/mol. The smallest absolute Gasteiger partial charge is 0.335 e. The Morgan fingerprint density at radius 2 is 1.68 bits per heavy atom. The van der Waals surface area contributed by atoms with Crippen LogP contribution in [0.5, 0.6) is 0 Å². The maximum absolute atomic E-state index is 12.4. The molecule has 144 valence electrons. The number of hydrogen-bond acceptors (Lipinski definition) is 5. The van der Waals surface area contributed by atoms with Gasteiger partial charge >= 0.3 is 5.97 Å². The molecule has 8 heteroatoms. The monoisotopic (exact) mass is 385 g/mol. The molecule has 2 aromatic carbocycles. The summed E-state index contributed by atoms with van der Waals surface area (Å²) in [5.74, 6) is -1.49. The highest BCUT2D eigenvalue weighted by atomic mass is 19.1. The zero-order valence-electron chi connectivity index (χ0n) is 14.8. The van der Waals surface area contributed by atoms with Crippen LogP contribution in [0.3, 0.4) is 0 Å². The van der Waals surface area contributed by atoms with Gasteiger partial charge < -0.3 is 16.2 Å². The molecule has 4 N–H and O–H groups in total. The highest BCUT2D eigenvalue weighted by molar-refractivity contribution is 5.88. The third kappa shape index (κ3) is 5.34. The first kappa shape index (κ1) is 20.5. The summed E-state index contributed by atoms with van der Waals surface area (Å²) in [6.45, 7) is 1.88. The first-order chi connectivity index (χ1) is 13.3. The van der Waals surface area contributed by atoms with Crippen molar-refractivity contribution in [2.75, 3.05) is 11.1 Å². The fraction of sp³-hybridized carbons (Fsp3) is 0.0500. The van der Waals surface area contributed by atoms with Crippen molar-refractivity contribution in [3.8, 4) is 0 Å². The number of aromatic carboxylic acids is 1. The first-order valence-electron chi connectivity index (χ1n) is 8.04. The summed E-state index contributed by atoms with van der Waals surface area (Å²) in [7, 11) is 0. The van der Waals surface area contributed by atoms with Crippen LogP contribution in [0.4, 0.5) is 26.1 Å². The first-order valence-corrected chi connectivity index (χ1v) is 8.04. The molecule has 1 aromatic heterocycles. The van der Waals surface area contributed by atoms with Gasteiger partial charge in [-0.25, -0.2) is 18.6 Å². The zero-order valence-corrected chi connectivity index (χ0v) is 14.8. The van der Waals surface area contributed by atoms with Gasteiger partial charge in [0.2, 0.25) is 0 Å². The van der Waals surface area contributed by atoms with E-state index in [4.69, 9.17) is 10.8 Å². The van der Waals surface area contributed by atoms with Crippen LogP contribution in [0.1, 0.15) is 26.3 Å². The van der Waals surface area contributed by atoms with E-state index in [1.54, 1.807) is 12.1 Å². The lowest BCUT2D eigenvalue weighted by molar-refractivity contribution is 0.0696. The molecule has 0 aliphatic carbocycles. The number of aromatic nitrogens is 1. The summed E-state index contributed by atoms with van der Waals surface area (Å²) in [5, 5.41) is 11.8. The number of benzene rings is 2. The molecule has 3 rings (SSSR count). The Bertz CT molecular complexity index is 972. The fourth-order valence-corrected chi connectivity index (χ4v) is 2.08. The number of carbonyl (C=O) groups is 2. The molecule has 0 saturated carbocycles. The summed E-state index contributed by atoms with van der Waals surface area (Å²) < 4.78 is 24.8. The van der Waals surface area contributed by atoms with Crippen LogP contribution >= 0.6 is 0 Å². The number of aldehydes is 1. The minimum Gasteiger partial charge on any atom is -0.478 e.